The topological polar surface area (TPSA) is 54.0 Å². The largest absolute Gasteiger partial charge is 0.361 e. The number of halogens is 1. The number of benzene rings is 1. The van der Waals surface area contributed by atoms with Gasteiger partial charge in [0.15, 0.2) is 5.13 Å². The van der Waals surface area contributed by atoms with E-state index in [1.165, 1.54) is 23.1 Å². The van der Waals surface area contributed by atoms with Gasteiger partial charge in [-0.1, -0.05) is 41.1 Å². The molecule has 2 aromatic rings. The quantitative estimate of drug-likeness (QED) is 0.909. The Morgan fingerprint density at radius 2 is 2.30 bits per heavy atom. The highest BCUT2D eigenvalue weighted by Crippen LogP contribution is 2.26. The van der Waals surface area contributed by atoms with Crippen molar-refractivity contribution in [3.05, 3.63) is 52.1 Å². The summed E-state index contributed by atoms with van der Waals surface area (Å²) >= 11 is 7.03. The molecule has 1 aromatic heterocycles. The summed E-state index contributed by atoms with van der Waals surface area (Å²) in [5.41, 5.74) is 3.35. The van der Waals surface area contributed by atoms with Crippen LogP contribution in [0.4, 0.5) is 10.8 Å². The lowest BCUT2D eigenvalue weighted by Gasteiger charge is -2.17. The molecule has 0 bridgehead atoms. The number of thiazole rings is 1. The van der Waals surface area contributed by atoms with Crippen LogP contribution >= 0.6 is 22.9 Å². The van der Waals surface area contributed by atoms with Gasteiger partial charge >= 0.3 is 0 Å². The zero-order valence-electron chi connectivity index (χ0n) is 10.5. The second-order valence-corrected chi connectivity index (χ2v) is 6.14. The van der Waals surface area contributed by atoms with Gasteiger partial charge in [0.25, 0.3) is 0 Å². The Balaban J connectivity index is 1.62. The Morgan fingerprint density at radius 1 is 1.45 bits per heavy atom. The molecule has 102 valence electrons. The molecule has 0 atom stereocenters. The van der Waals surface area contributed by atoms with Crippen molar-refractivity contribution in [2.75, 3.05) is 10.6 Å². The third-order valence-electron chi connectivity index (χ3n) is 2.98. The molecule has 1 aliphatic heterocycles. The number of carbonyl (C=O) groups is 1. The fourth-order valence-corrected chi connectivity index (χ4v) is 2.91. The first-order valence-corrected chi connectivity index (χ1v) is 7.34. The molecule has 20 heavy (non-hydrogen) atoms. The molecule has 0 aliphatic carbocycles. The normalized spacial score (nSPS) is 13.2. The highest BCUT2D eigenvalue weighted by molar-refractivity contribution is 7.19. The minimum absolute atomic E-state index is 0.0801. The van der Waals surface area contributed by atoms with E-state index in [2.05, 4.69) is 21.7 Å². The van der Waals surface area contributed by atoms with Crippen molar-refractivity contribution in [2.45, 2.75) is 12.8 Å². The molecule has 2 N–H and O–H groups in total. The van der Waals surface area contributed by atoms with Gasteiger partial charge in [-0.25, -0.2) is 4.98 Å². The Kier molecular flexibility index (Phi) is 3.71. The summed E-state index contributed by atoms with van der Waals surface area (Å²) in [6.45, 7) is 0. The molecule has 0 spiro atoms. The maximum Gasteiger partial charge on any atom is 0.230 e. The number of amides is 1. The standard InChI is InChI=1S/C14H12ClN3OS/c15-12-8-17-14(20-12)18-13(19)6-9-5-10-3-1-2-4-11(10)16-7-9/h1-4,7-8,16H,5-6H2,(H,17,18,19). The van der Waals surface area contributed by atoms with E-state index in [0.29, 0.717) is 15.9 Å². The Hall–Kier alpha value is -1.85. The average Bonchev–Trinajstić information content (AvgIpc) is 2.83. The van der Waals surface area contributed by atoms with Gasteiger partial charge in [-0.2, -0.15) is 0 Å². The van der Waals surface area contributed by atoms with Gasteiger partial charge < -0.3 is 10.6 Å². The van der Waals surface area contributed by atoms with Crippen molar-refractivity contribution >= 4 is 39.7 Å². The lowest BCUT2D eigenvalue weighted by Crippen LogP contribution is -2.15. The van der Waals surface area contributed by atoms with Crippen molar-refractivity contribution in [2.24, 2.45) is 0 Å². The third-order valence-corrected chi connectivity index (χ3v) is 4.01. The third kappa shape index (κ3) is 3.00. The van der Waals surface area contributed by atoms with Crippen molar-refractivity contribution < 1.29 is 4.79 Å². The first kappa shape index (κ1) is 13.1. The number of para-hydroxylation sites is 1. The van der Waals surface area contributed by atoms with E-state index in [1.807, 2.05) is 24.4 Å². The van der Waals surface area contributed by atoms with Crippen LogP contribution in [0.3, 0.4) is 0 Å². The Morgan fingerprint density at radius 3 is 3.10 bits per heavy atom. The lowest BCUT2D eigenvalue weighted by molar-refractivity contribution is -0.115. The highest BCUT2D eigenvalue weighted by atomic mass is 35.5. The summed E-state index contributed by atoms with van der Waals surface area (Å²) < 4.78 is 0.563. The zero-order chi connectivity index (χ0) is 13.9. The van der Waals surface area contributed by atoms with Crippen molar-refractivity contribution in [1.82, 2.24) is 4.98 Å². The lowest BCUT2D eigenvalue weighted by atomic mass is 9.99. The van der Waals surface area contributed by atoms with Crippen molar-refractivity contribution in [1.29, 1.82) is 0 Å². The first-order valence-electron chi connectivity index (χ1n) is 6.14. The summed E-state index contributed by atoms with van der Waals surface area (Å²) in [6, 6.07) is 8.08. The van der Waals surface area contributed by atoms with E-state index in [4.69, 9.17) is 11.6 Å². The molecular formula is C14H12ClN3OS. The van der Waals surface area contributed by atoms with Gasteiger partial charge in [0.2, 0.25) is 5.91 Å². The van der Waals surface area contributed by atoms with Crippen LogP contribution in [0.25, 0.3) is 0 Å². The molecule has 1 aliphatic rings. The summed E-state index contributed by atoms with van der Waals surface area (Å²) in [6.07, 6.45) is 4.56. The Labute approximate surface area is 125 Å². The van der Waals surface area contributed by atoms with E-state index < -0.39 is 0 Å². The molecular weight excluding hydrogens is 294 g/mol. The van der Waals surface area contributed by atoms with Crippen LogP contribution in [0.5, 0.6) is 0 Å². The number of nitrogens with zero attached hydrogens (tertiary/aromatic N) is 1. The van der Waals surface area contributed by atoms with Crippen LogP contribution in [0.15, 0.2) is 42.2 Å². The maximum atomic E-state index is 11.9. The molecule has 0 fully saturated rings. The summed E-state index contributed by atoms with van der Waals surface area (Å²) in [5.74, 6) is -0.0801. The predicted octanol–water partition coefficient (Wildman–Crippen LogP) is 3.68. The smallest absolute Gasteiger partial charge is 0.230 e. The minimum atomic E-state index is -0.0801. The van der Waals surface area contributed by atoms with E-state index in [-0.39, 0.29) is 5.91 Å². The molecule has 0 radical (unpaired) electrons. The number of hydrogen-bond acceptors (Lipinski definition) is 4. The number of aromatic nitrogens is 1. The van der Waals surface area contributed by atoms with Crippen LogP contribution < -0.4 is 10.6 Å². The number of fused-ring (bicyclic) bond motifs is 1. The van der Waals surface area contributed by atoms with E-state index in [9.17, 15) is 4.79 Å². The van der Waals surface area contributed by atoms with Crippen LogP contribution in [0.2, 0.25) is 4.34 Å². The van der Waals surface area contributed by atoms with Crippen LogP contribution in [-0.4, -0.2) is 10.9 Å². The van der Waals surface area contributed by atoms with Crippen LogP contribution in [0.1, 0.15) is 12.0 Å². The summed E-state index contributed by atoms with van der Waals surface area (Å²) in [5, 5.41) is 6.49. The maximum absolute atomic E-state index is 11.9. The fourth-order valence-electron chi connectivity index (χ4n) is 2.09. The molecule has 0 saturated carbocycles. The highest BCUT2D eigenvalue weighted by Gasteiger charge is 2.14. The van der Waals surface area contributed by atoms with Crippen molar-refractivity contribution in [3.63, 3.8) is 0 Å². The van der Waals surface area contributed by atoms with Crippen LogP contribution in [-0.2, 0) is 11.2 Å². The molecule has 0 saturated heterocycles. The molecule has 4 nitrogen and oxygen atoms in total. The first-order chi connectivity index (χ1) is 9.70. The molecule has 0 unspecified atom stereocenters. The molecule has 1 aromatic carbocycles. The number of carbonyl (C=O) groups excluding carboxylic acids is 1. The van der Waals surface area contributed by atoms with Crippen molar-refractivity contribution in [3.8, 4) is 0 Å². The van der Waals surface area contributed by atoms with Gasteiger partial charge in [-0.15, -0.1) is 0 Å². The van der Waals surface area contributed by atoms with Gasteiger partial charge in [0.05, 0.1) is 12.6 Å². The zero-order valence-corrected chi connectivity index (χ0v) is 12.1. The van der Waals surface area contributed by atoms with Gasteiger partial charge in [0, 0.05) is 11.9 Å². The number of rotatable bonds is 3. The summed E-state index contributed by atoms with van der Waals surface area (Å²) in [4.78, 5) is 16.0. The van der Waals surface area contributed by atoms with E-state index in [1.54, 1.807) is 0 Å². The Bertz CT molecular complexity index is 681. The average molecular weight is 306 g/mol. The molecule has 2 heterocycles. The monoisotopic (exact) mass is 305 g/mol. The second kappa shape index (κ2) is 5.64. The van der Waals surface area contributed by atoms with E-state index >= 15 is 0 Å². The number of nitrogens with one attached hydrogen (secondary N) is 2. The molecule has 1 amide bonds. The second-order valence-electron chi connectivity index (χ2n) is 4.48. The SMILES string of the molecule is O=C(CC1=CNc2ccccc2C1)Nc1ncc(Cl)s1. The minimum Gasteiger partial charge on any atom is -0.361 e. The molecule has 6 heteroatoms. The predicted molar refractivity (Wildman–Crippen MR) is 82.2 cm³/mol. The van der Waals surface area contributed by atoms with Gasteiger partial charge in [-0.3, -0.25) is 4.79 Å². The summed E-state index contributed by atoms with van der Waals surface area (Å²) in [7, 11) is 0. The van der Waals surface area contributed by atoms with Crippen LogP contribution in [0, 0.1) is 0 Å². The molecule has 3 rings (SSSR count). The van der Waals surface area contributed by atoms with Gasteiger partial charge in [0.1, 0.15) is 4.34 Å². The fraction of sp³-hybridized carbons (Fsp3) is 0.143. The van der Waals surface area contributed by atoms with Gasteiger partial charge in [-0.05, 0) is 23.6 Å². The number of anilines is 2. The van der Waals surface area contributed by atoms with E-state index in [0.717, 1.165) is 17.7 Å². The number of hydrogen-bond donors (Lipinski definition) is 2.